The van der Waals surface area contributed by atoms with Gasteiger partial charge in [0, 0.05) is 40.7 Å². The summed E-state index contributed by atoms with van der Waals surface area (Å²) in [6.45, 7) is 5.18. The molecule has 0 saturated heterocycles. The molecule has 0 aromatic carbocycles. The number of nitrogens with one attached hydrogen (secondary N) is 2. The Labute approximate surface area is 153 Å². The van der Waals surface area contributed by atoms with Crippen LogP contribution >= 0.6 is 22.7 Å². The molecule has 24 heavy (non-hydrogen) atoms. The third-order valence-corrected chi connectivity index (χ3v) is 5.86. The first-order valence-electron chi connectivity index (χ1n) is 8.22. The lowest BCUT2D eigenvalue weighted by molar-refractivity contribution is 0.302. The predicted molar refractivity (Wildman–Crippen MR) is 107 cm³/mol. The van der Waals surface area contributed by atoms with Crippen LogP contribution in [0.5, 0.6) is 0 Å². The zero-order valence-corrected chi connectivity index (χ0v) is 16.8. The minimum Gasteiger partial charge on any atom is -0.354 e. The van der Waals surface area contributed by atoms with Gasteiger partial charge in [0.05, 0.1) is 6.04 Å². The van der Waals surface area contributed by atoms with E-state index in [-0.39, 0.29) is 0 Å². The average molecular weight is 365 g/mol. The van der Waals surface area contributed by atoms with Crippen LogP contribution in [0, 0.1) is 6.92 Å². The van der Waals surface area contributed by atoms with Crippen LogP contribution in [0.2, 0.25) is 0 Å². The Morgan fingerprint density at radius 1 is 1.29 bits per heavy atom. The molecule has 0 bridgehead atoms. The molecular formula is C18H28N4S2. The number of hydrogen-bond acceptors (Lipinski definition) is 4. The monoisotopic (exact) mass is 364 g/mol. The second-order valence-corrected chi connectivity index (χ2v) is 8.56. The van der Waals surface area contributed by atoms with E-state index in [1.807, 2.05) is 18.4 Å². The summed E-state index contributed by atoms with van der Waals surface area (Å²) in [7, 11) is 6.06. The van der Waals surface area contributed by atoms with Gasteiger partial charge in [-0.15, -0.1) is 22.7 Å². The summed E-state index contributed by atoms with van der Waals surface area (Å²) in [5.41, 5.74) is 0. The zero-order chi connectivity index (χ0) is 17.5. The van der Waals surface area contributed by atoms with Crippen LogP contribution in [0.15, 0.2) is 34.6 Å². The smallest absolute Gasteiger partial charge is 0.191 e. The van der Waals surface area contributed by atoms with Gasteiger partial charge in [0.15, 0.2) is 5.96 Å². The third-order valence-electron chi connectivity index (χ3n) is 3.87. The molecule has 2 atom stereocenters. The van der Waals surface area contributed by atoms with E-state index in [1.54, 1.807) is 11.3 Å². The first-order valence-corrected chi connectivity index (χ1v) is 9.91. The number of nitrogens with zero attached hydrogens (tertiary/aromatic N) is 2. The normalized spacial score (nSPS) is 14.7. The topological polar surface area (TPSA) is 39.7 Å². The molecule has 0 aliphatic carbocycles. The fraction of sp³-hybridized carbons (Fsp3) is 0.500. The second kappa shape index (κ2) is 9.20. The standard InChI is InChI=1S/C18H28N4S2/c1-13(11-15-9-8-14(2)24-15)21-18(19-3)20-12-16(22(4)5)17-7-6-10-23-17/h6-10,13,16H,11-12H2,1-5H3,(H2,19,20,21). The highest BCUT2D eigenvalue weighted by Gasteiger charge is 2.16. The van der Waals surface area contributed by atoms with E-state index in [1.165, 1.54) is 14.6 Å². The second-order valence-electron chi connectivity index (χ2n) is 6.21. The van der Waals surface area contributed by atoms with E-state index in [2.05, 4.69) is 78.1 Å². The molecule has 0 saturated carbocycles. The molecule has 132 valence electrons. The van der Waals surface area contributed by atoms with Gasteiger partial charge in [0.1, 0.15) is 0 Å². The molecule has 2 aromatic heterocycles. The summed E-state index contributed by atoms with van der Waals surface area (Å²) >= 11 is 3.66. The molecular weight excluding hydrogens is 336 g/mol. The SMILES string of the molecule is CN=C(NCC(c1cccs1)N(C)C)NC(C)Cc1ccc(C)s1. The van der Waals surface area contributed by atoms with E-state index in [9.17, 15) is 0 Å². The summed E-state index contributed by atoms with van der Waals surface area (Å²) in [6.07, 6.45) is 1.02. The van der Waals surface area contributed by atoms with Gasteiger partial charge in [-0.1, -0.05) is 6.07 Å². The maximum Gasteiger partial charge on any atom is 0.191 e. The number of thiophene rings is 2. The van der Waals surface area contributed by atoms with Crippen molar-refractivity contribution in [2.24, 2.45) is 4.99 Å². The number of rotatable bonds is 7. The maximum atomic E-state index is 4.37. The van der Waals surface area contributed by atoms with Gasteiger partial charge in [-0.25, -0.2) is 0 Å². The van der Waals surface area contributed by atoms with Gasteiger partial charge in [0.25, 0.3) is 0 Å². The highest BCUT2D eigenvalue weighted by Crippen LogP contribution is 2.22. The lowest BCUT2D eigenvalue weighted by Crippen LogP contribution is -2.45. The van der Waals surface area contributed by atoms with Crippen molar-refractivity contribution in [2.75, 3.05) is 27.7 Å². The molecule has 0 spiro atoms. The summed E-state index contributed by atoms with van der Waals surface area (Å²) < 4.78 is 0. The van der Waals surface area contributed by atoms with Gasteiger partial charge < -0.3 is 15.5 Å². The number of aryl methyl sites for hydroxylation is 1. The number of likely N-dealkylation sites (N-methyl/N-ethyl adjacent to an activating group) is 1. The van der Waals surface area contributed by atoms with E-state index < -0.39 is 0 Å². The van der Waals surface area contributed by atoms with E-state index in [4.69, 9.17) is 0 Å². The molecule has 0 aliphatic rings. The van der Waals surface area contributed by atoms with Crippen molar-refractivity contribution in [3.05, 3.63) is 44.3 Å². The Balaban J connectivity index is 1.87. The Hall–Kier alpha value is -1.37. The summed E-state index contributed by atoms with van der Waals surface area (Å²) in [4.78, 5) is 10.8. The fourth-order valence-corrected chi connectivity index (χ4v) is 4.53. The van der Waals surface area contributed by atoms with Crippen molar-refractivity contribution in [2.45, 2.75) is 32.4 Å². The van der Waals surface area contributed by atoms with Crippen LogP contribution in [0.25, 0.3) is 0 Å². The van der Waals surface area contributed by atoms with Crippen LogP contribution in [-0.4, -0.2) is 44.6 Å². The molecule has 6 heteroatoms. The van der Waals surface area contributed by atoms with Crippen LogP contribution in [0.1, 0.15) is 27.6 Å². The average Bonchev–Trinajstić information content (AvgIpc) is 3.18. The van der Waals surface area contributed by atoms with E-state index in [0.29, 0.717) is 12.1 Å². The first kappa shape index (κ1) is 19.0. The summed E-state index contributed by atoms with van der Waals surface area (Å²) in [5, 5.41) is 9.09. The summed E-state index contributed by atoms with van der Waals surface area (Å²) in [6, 6.07) is 9.38. The van der Waals surface area contributed by atoms with E-state index >= 15 is 0 Å². The number of aliphatic imine (C=N–C) groups is 1. The van der Waals surface area contributed by atoms with E-state index in [0.717, 1.165) is 18.9 Å². The molecule has 0 fully saturated rings. The lowest BCUT2D eigenvalue weighted by Gasteiger charge is -2.25. The molecule has 4 nitrogen and oxygen atoms in total. The Morgan fingerprint density at radius 3 is 2.62 bits per heavy atom. The highest BCUT2D eigenvalue weighted by molar-refractivity contribution is 7.11. The van der Waals surface area contributed by atoms with Crippen molar-refractivity contribution in [3.8, 4) is 0 Å². The quantitative estimate of drug-likeness (QED) is 0.583. The number of guanidine groups is 1. The molecule has 0 amide bonds. The van der Waals surface area contributed by atoms with Gasteiger partial charge >= 0.3 is 0 Å². The Kier molecular flexibility index (Phi) is 7.27. The van der Waals surface area contributed by atoms with Crippen LogP contribution in [-0.2, 0) is 6.42 Å². The molecule has 2 unspecified atom stereocenters. The Bertz CT molecular complexity index is 631. The van der Waals surface area contributed by atoms with Gasteiger partial charge in [-0.3, -0.25) is 4.99 Å². The zero-order valence-electron chi connectivity index (χ0n) is 15.2. The molecule has 2 rings (SSSR count). The van der Waals surface area contributed by atoms with Crippen LogP contribution in [0.4, 0.5) is 0 Å². The maximum absolute atomic E-state index is 4.37. The number of hydrogen-bond donors (Lipinski definition) is 2. The lowest BCUT2D eigenvalue weighted by atomic mass is 10.2. The van der Waals surface area contributed by atoms with Crippen molar-refractivity contribution in [1.82, 2.24) is 15.5 Å². The highest BCUT2D eigenvalue weighted by atomic mass is 32.1. The van der Waals surface area contributed by atoms with Gasteiger partial charge in [-0.05, 0) is 51.5 Å². The van der Waals surface area contributed by atoms with Gasteiger partial charge in [-0.2, -0.15) is 0 Å². The Morgan fingerprint density at radius 2 is 2.08 bits per heavy atom. The predicted octanol–water partition coefficient (Wildman–Crippen LogP) is 3.52. The van der Waals surface area contributed by atoms with Gasteiger partial charge in [0.2, 0.25) is 0 Å². The van der Waals surface area contributed by atoms with Crippen LogP contribution < -0.4 is 10.6 Å². The van der Waals surface area contributed by atoms with Crippen molar-refractivity contribution in [1.29, 1.82) is 0 Å². The van der Waals surface area contributed by atoms with Crippen molar-refractivity contribution >= 4 is 28.6 Å². The van der Waals surface area contributed by atoms with Crippen molar-refractivity contribution in [3.63, 3.8) is 0 Å². The van der Waals surface area contributed by atoms with Crippen LogP contribution in [0.3, 0.4) is 0 Å². The minimum absolute atomic E-state index is 0.341. The largest absolute Gasteiger partial charge is 0.354 e. The first-order chi connectivity index (χ1) is 11.5. The summed E-state index contributed by atoms with van der Waals surface area (Å²) in [5.74, 6) is 0.860. The molecule has 2 heterocycles. The molecule has 2 N–H and O–H groups in total. The third kappa shape index (κ3) is 5.61. The fourth-order valence-electron chi connectivity index (χ4n) is 2.59. The van der Waals surface area contributed by atoms with Crippen molar-refractivity contribution < 1.29 is 0 Å². The molecule has 0 radical (unpaired) electrons. The molecule has 2 aromatic rings. The molecule has 0 aliphatic heterocycles. The minimum atomic E-state index is 0.341.